The van der Waals surface area contributed by atoms with Gasteiger partial charge >= 0.3 is 0 Å². The summed E-state index contributed by atoms with van der Waals surface area (Å²) in [7, 11) is 0. The molecule has 1 saturated heterocycles. The lowest BCUT2D eigenvalue weighted by atomic mass is 10.1. The minimum absolute atomic E-state index is 0.0781. The van der Waals surface area contributed by atoms with Crippen LogP contribution in [0.15, 0.2) is 54.6 Å². The van der Waals surface area contributed by atoms with E-state index in [1.807, 2.05) is 43.3 Å². The molecule has 25 heavy (non-hydrogen) atoms. The first kappa shape index (κ1) is 17.0. The Morgan fingerprint density at radius 1 is 1.16 bits per heavy atom. The topological polar surface area (TPSA) is 46.6 Å². The fourth-order valence-corrected chi connectivity index (χ4v) is 2.89. The average molecular weight is 335 g/mol. The normalized spacial score (nSPS) is 14.3. The highest BCUT2D eigenvalue weighted by atomic mass is 16.5. The monoisotopic (exact) mass is 335 g/mol. The van der Waals surface area contributed by atoms with E-state index in [9.17, 15) is 9.59 Å². The van der Waals surface area contributed by atoms with Crippen molar-refractivity contribution >= 4 is 23.5 Å². The van der Waals surface area contributed by atoms with Crippen LogP contribution in [0, 0.1) is 0 Å². The zero-order valence-electron chi connectivity index (χ0n) is 14.3. The number of rotatable bonds is 6. The molecule has 1 heterocycles. The Morgan fingerprint density at radius 3 is 2.60 bits per heavy atom. The van der Waals surface area contributed by atoms with Gasteiger partial charge in [-0.05, 0) is 55.8 Å². The van der Waals surface area contributed by atoms with Gasteiger partial charge in [-0.1, -0.05) is 18.2 Å². The summed E-state index contributed by atoms with van der Waals surface area (Å²) in [5.74, 6) is 0.828. The number of carbonyl (C=O) groups excluding carboxylic acids is 2. The highest BCUT2D eigenvalue weighted by Gasteiger charge is 2.21. The van der Waals surface area contributed by atoms with E-state index >= 15 is 0 Å². The summed E-state index contributed by atoms with van der Waals surface area (Å²) in [6, 6.07) is 14.8. The Labute approximate surface area is 147 Å². The number of anilines is 1. The minimum atomic E-state index is -0.0781. The Morgan fingerprint density at radius 2 is 1.92 bits per heavy atom. The van der Waals surface area contributed by atoms with Crippen molar-refractivity contribution in [2.75, 3.05) is 18.1 Å². The van der Waals surface area contributed by atoms with Gasteiger partial charge < -0.3 is 9.64 Å². The molecule has 2 aromatic carbocycles. The first-order valence-electron chi connectivity index (χ1n) is 8.53. The molecule has 0 N–H and O–H groups in total. The van der Waals surface area contributed by atoms with Gasteiger partial charge in [0.2, 0.25) is 5.91 Å². The van der Waals surface area contributed by atoms with Gasteiger partial charge in [-0.15, -0.1) is 0 Å². The molecular formula is C21H21NO3. The first-order valence-corrected chi connectivity index (χ1v) is 8.53. The SMILES string of the molecule is CCOc1ccccc1/C=C/C(=O)c1ccc(N2CCCC2=O)cc1. The van der Waals surface area contributed by atoms with E-state index in [1.165, 1.54) is 0 Å². The summed E-state index contributed by atoms with van der Waals surface area (Å²) >= 11 is 0. The summed E-state index contributed by atoms with van der Waals surface area (Å²) in [5, 5.41) is 0. The molecular weight excluding hydrogens is 314 g/mol. The lowest BCUT2D eigenvalue weighted by Gasteiger charge is -2.15. The second kappa shape index (κ2) is 7.79. The zero-order valence-corrected chi connectivity index (χ0v) is 14.3. The molecule has 0 bridgehead atoms. The maximum absolute atomic E-state index is 12.4. The van der Waals surface area contributed by atoms with Crippen LogP contribution in [0.1, 0.15) is 35.7 Å². The van der Waals surface area contributed by atoms with E-state index in [0.29, 0.717) is 18.6 Å². The van der Waals surface area contributed by atoms with Crippen LogP contribution in [-0.4, -0.2) is 24.8 Å². The lowest BCUT2D eigenvalue weighted by Crippen LogP contribution is -2.23. The third-order valence-corrected chi connectivity index (χ3v) is 4.17. The van der Waals surface area contributed by atoms with Gasteiger partial charge in [0.15, 0.2) is 5.78 Å². The van der Waals surface area contributed by atoms with E-state index in [0.717, 1.165) is 30.0 Å². The Kier molecular flexibility index (Phi) is 5.29. The largest absolute Gasteiger partial charge is 0.493 e. The average Bonchev–Trinajstić information content (AvgIpc) is 3.07. The molecule has 4 heteroatoms. The molecule has 2 aromatic rings. The van der Waals surface area contributed by atoms with Crippen molar-refractivity contribution in [3.05, 3.63) is 65.7 Å². The van der Waals surface area contributed by atoms with Crippen molar-refractivity contribution in [2.45, 2.75) is 19.8 Å². The lowest BCUT2D eigenvalue weighted by molar-refractivity contribution is -0.117. The molecule has 0 aliphatic carbocycles. The Hall–Kier alpha value is -2.88. The molecule has 0 spiro atoms. The Balaban J connectivity index is 1.72. The van der Waals surface area contributed by atoms with Crippen molar-refractivity contribution in [3.63, 3.8) is 0 Å². The quantitative estimate of drug-likeness (QED) is 0.589. The van der Waals surface area contributed by atoms with Crippen LogP contribution >= 0.6 is 0 Å². The standard InChI is InChI=1S/C21H21NO3/c1-2-25-20-7-4-3-6-17(20)11-14-19(23)16-9-12-18(13-10-16)22-15-5-8-21(22)24/h3-4,6-7,9-14H,2,5,8,15H2,1H3/b14-11+. The molecule has 1 fully saturated rings. The van der Waals surface area contributed by atoms with Crippen LogP contribution in [-0.2, 0) is 4.79 Å². The van der Waals surface area contributed by atoms with E-state index in [4.69, 9.17) is 4.74 Å². The van der Waals surface area contributed by atoms with Gasteiger partial charge in [0.05, 0.1) is 6.61 Å². The highest BCUT2D eigenvalue weighted by molar-refractivity contribution is 6.07. The second-order valence-electron chi connectivity index (χ2n) is 5.86. The highest BCUT2D eigenvalue weighted by Crippen LogP contribution is 2.23. The molecule has 0 atom stereocenters. The number of carbonyl (C=O) groups is 2. The number of ketones is 1. The third kappa shape index (κ3) is 3.97. The smallest absolute Gasteiger partial charge is 0.227 e. The van der Waals surface area contributed by atoms with Crippen LogP contribution < -0.4 is 9.64 Å². The molecule has 0 radical (unpaired) electrons. The molecule has 0 aromatic heterocycles. The fraction of sp³-hybridized carbons (Fsp3) is 0.238. The van der Waals surface area contributed by atoms with E-state index in [2.05, 4.69) is 0 Å². The predicted octanol–water partition coefficient (Wildman–Crippen LogP) is 4.11. The molecule has 1 aliphatic heterocycles. The molecule has 0 saturated carbocycles. The van der Waals surface area contributed by atoms with Crippen molar-refractivity contribution in [3.8, 4) is 5.75 Å². The number of benzene rings is 2. The summed E-state index contributed by atoms with van der Waals surface area (Å²) < 4.78 is 5.56. The third-order valence-electron chi connectivity index (χ3n) is 4.17. The fourth-order valence-electron chi connectivity index (χ4n) is 2.89. The number of amides is 1. The summed E-state index contributed by atoms with van der Waals surface area (Å²) in [5.41, 5.74) is 2.32. The number of hydrogen-bond donors (Lipinski definition) is 0. The van der Waals surface area contributed by atoms with Gasteiger partial charge in [-0.3, -0.25) is 9.59 Å². The van der Waals surface area contributed by atoms with Crippen LogP contribution in [0.5, 0.6) is 5.75 Å². The number of ether oxygens (including phenoxy) is 1. The van der Waals surface area contributed by atoms with Crippen LogP contribution in [0.4, 0.5) is 5.69 Å². The maximum atomic E-state index is 12.4. The summed E-state index contributed by atoms with van der Waals surface area (Å²) in [4.78, 5) is 25.9. The van der Waals surface area contributed by atoms with Gasteiger partial charge in [-0.2, -0.15) is 0 Å². The predicted molar refractivity (Wildman–Crippen MR) is 99.0 cm³/mol. The van der Waals surface area contributed by atoms with Crippen molar-refractivity contribution in [2.24, 2.45) is 0 Å². The molecule has 0 unspecified atom stereocenters. The second-order valence-corrected chi connectivity index (χ2v) is 5.86. The van der Waals surface area contributed by atoms with E-state index in [1.54, 1.807) is 29.2 Å². The summed E-state index contributed by atoms with van der Waals surface area (Å²) in [6.07, 6.45) is 4.81. The van der Waals surface area contributed by atoms with Gasteiger partial charge in [-0.25, -0.2) is 0 Å². The van der Waals surface area contributed by atoms with Crippen LogP contribution in [0.25, 0.3) is 6.08 Å². The maximum Gasteiger partial charge on any atom is 0.227 e. The molecule has 4 nitrogen and oxygen atoms in total. The van der Waals surface area contributed by atoms with Crippen LogP contribution in [0.3, 0.4) is 0 Å². The molecule has 3 rings (SSSR count). The summed E-state index contributed by atoms with van der Waals surface area (Å²) in [6.45, 7) is 3.26. The zero-order chi connectivity index (χ0) is 17.6. The first-order chi connectivity index (χ1) is 12.2. The number of para-hydroxylation sites is 1. The van der Waals surface area contributed by atoms with Crippen LogP contribution in [0.2, 0.25) is 0 Å². The van der Waals surface area contributed by atoms with Crippen molar-refractivity contribution in [1.29, 1.82) is 0 Å². The van der Waals surface area contributed by atoms with E-state index in [-0.39, 0.29) is 11.7 Å². The number of hydrogen-bond acceptors (Lipinski definition) is 3. The van der Waals surface area contributed by atoms with Gasteiger partial charge in [0.1, 0.15) is 5.75 Å². The molecule has 1 aliphatic rings. The number of nitrogens with zero attached hydrogens (tertiary/aromatic N) is 1. The molecule has 128 valence electrons. The molecule has 1 amide bonds. The minimum Gasteiger partial charge on any atom is -0.493 e. The Bertz CT molecular complexity index is 793. The van der Waals surface area contributed by atoms with E-state index < -0.39 is 0 Å². The van der Waals surface area contributed by atoms with Crippen molar-refractivity contribution < 1.29 is 14.3 Å². The van der Waals surface area contributed by atoms with Crippen molar-refractivity contribution in [1.82, 2.24) is 0 Å². The number of allylic oxidation sites excluding steroid dienone is 1. The van der Waals surface area contributed by atoms with Gasteiger partial charge in [0, 0.05) is 29.8 Å². The van der Waals surface area contributed by atoms with Gasteiger partial charge in [0.25, 0.3) is 0 Å².